The normalized spacial score (nSPS) is 10.1. The van der Waals surface area contributed by atoms with Gasteiger partial charge in [0.1, 0.15) is 11.5 Å². The molecule has 2 aromatic carbocycles. The van der Waals surface area contributed by atoms with Gasteiger partial charge in [0, 0.05) is 5.69 Å². The summed E-state index contributed by atoms with van der Waals surface area (Å²) < 4.78 is 13.1. The molecule has 5 nitrogen and oxygen atoms in total. The molecule has 0 spiro atoms. The summed E-state index contributed by atoms with van der Waals surface area (Å²) >= 11 is 5.15. The van der Waals surface area contributed by atoms with Crippen LogP contribution in [0.5, 0.6) is 0 Å². The summed E-state index contributed by atoms with van der Waals surface area (Å²) in [5.74, 6) is -0.676. The summed E-state index contributed by atoms with van der Waals surface area (Å²) in [6, 6.07) is 9.09. The monoisotopic (exact) mass is 319 g/mol. The van der Waals surface area contributed by atoms with E-state index in [0.717, 1.165) is 28.9 Å². The molecule has 2 N–H and O–H groups in total. The van der Waals surface area contributed by atoms with Crippen molar-refractivity contribution < 1.29 is 9.31 Å². The molecule has 0 saturated heterocycles. The molecule has 0 atom stereocenters. The van der Waals surface area contributed by atoms with Crippen molar-refractivity contribution in [2.24, 2.45) is 0 Å². The number of rotatable bonds is 3. The Labute approximate surface area is 132 Å². The summed E-state index contributed by atoms with van der Waals surface area (Å²) in [5.41, 5.74) is 2.67. The molecule has 0 fully saturated rings. The SMILES string of the molecule is Cc1cc(C)cc(NC(=S)Nc2ccc(F)cc2[N+](=O)[O-])c1. The van der Waals surface area contributed by atoms with Gasteiger partial charge in [0.05, 0.1) is 11.0 Å². The topological polar surface area (TPSA) is 67.2 Å². The average molecular weight is 319 g/mol. The maximum absolute atomic E-state index is 13.1. The number of hydrogen-bond acceptors (Lipinski definition) is 3. The third-order valence-corrected chi connectivity index (χ3v) is 3.09. The van der Waals surface area contributed by atoms with Crippen LogP contribution in [0.1, 0.15) is 11.1 Å². The van der Waals surface area contributed by atoms with E-state index in [1.165, 1.54) is 6.07 Å². The molecule has 0 aromatic heterocycles. The van der Waals surface area contributed by atoms with Gasteiger partial charge in [-0.1, -0.05) is 6.07 Å². The first kappa shape index (κ1) is 15.8. The van der Waals surface area contributed by atoms with Gasteiger partial charge in [-0.05, 0) is 61.5 Å². The largest absolute Gasteiger partial charge is 0.332 e. The third kappa shape index (κ3) is 3.98. The predicted molar refractivity (Wildman–Crippen MR) is 88.8 cm³/mol. The maximum atomic E-state index is 13.1. The van der Waals surface area contributed by atoms with Crippen LogP contribution in [0.25, 0.3) is 0 Å². The van der Waals surface area contributed by atoms with E-state index >= 15 is 0 Å². The van der Waals surface area contributed by atoms with Crippen LogP contribution < -0.4 is 10.6 Å². The minimum Gasteiger partial charge on any atom is -0.332 e. The van der Waals surface area contributed by atoms with Crippen LogP contribution in [0.4, 0.5) is 21.5 Å². The van der Waals surface area contributed by atoms with E-state index in [2.05, 4.69) is 10.6 Å². The number of hydrogen-bond donors (Lipinski definition) is 2. The summed E-state index contributed by atoms with van der Waals surface area (Å²) in [4.78, 5) is 10.3. The Morgan fingerprint density at radius 3 is 2.36 bits per heavy atom. The van der Waals surface area contributed by atoms with Gasteiger partial charge in [-0.25, -0.2) is 4.39 Å². The van der Waals surface area contributed by atoms with Crippen molar-refractivity contribution in [1.82, 2.24) is 0 Å². The van der Waals surface area contributed by atoms with Gasteiger partial charge in [-0.2, -0.15) is 0 Å². The Kier molecular flexibility index (Phi) is 4.67. The Balaban J connectivity index is 2.17. The second-order valence-electron chi connectivity index (χ2n) is 4.87. The number of nitrogens with zero attached hydrogens (tertiary/aromatic N) is 1. The van der Waals surface area contributed by atoms with Crippen LogP contribution >= 0.6 is 12.2 Å². The molecule has 0 aliphatic carbocycles. The molecule has 22 heavy (non-hydrogen) atoms. The molecule has 114 valence electrons. The van der Waals surface area contributed by atoms with E-state index in [-0.39, 0.29) is 16.5 Å². The van der Waals surface area contributed by atoms with Gasteiger partial charge < -0.3 is 10.6 Å². The van der Waals surface area contributed by atoms with Crippen LogP contribution in [0.3, 0.4) is 0 Å². The van der Waals surface area contributed by atoms with E-state index < -0.39 is 10.7 Å². The molecule has 2 rings (SSSR count). The highest BCUT2D eigenvalue weighted by Crippen LogP contribution is 2.25. The average Bonchev–Trinajstić information content (AvgIpc) is 2.39. The lowest BCUT2D eigenvalue weighted by Crippen LogP contribution is -2.20. The minimum atomic E-state index is -0.676. The first-order valence-corrected chi connectivity index (χ1v) is 6.86. The van der Waals surface area contributed by atoms with Crippen LogP contribution in [-0.4, -0.2) is 10.0 Å². The predicted octanol–water partition coefficient (Wildman–Crippen LogP) is 4.16. The van der Waals surface area contributed by atoms with Crippen LogP contribution in [0, 0.1) is 29.8 Å². The fourth-order valence-corrected chi connectivity index (χ4v) is 2.32. The molecule has 0 saturated carbocycles. The van der Waals surface area contributed by atoms with Gasteiger partial charge in [-0.3, -0.25) is 10.1 Å². The zero-order chi connectivity index (χ0) is 16.3. The molecule has 2 aromatic rings. The summed E-state index contributed by atoms with van der Waals surface area (Å²) in [6.45, 7) is 3.92. The van der Waals surface area contributed by atoms with Gasteiger partial charge in [-0.15, -0.1) is 0 Å². The second kappa shape index (κ2) is 6.48. The van der Waals surface area contributed by atoms with Crippen molar-refractivity contribution in [2.45, 2.75) is 13.8 Å². The lowest BCUT2D eigenvalue weighted by molar-refractivity contribution is -0.384. The summed E-state index contributed by atoms with van der Waals surface area (Å²) in [5, 5.41) is 16.8. The fourth-order valence-electron chi connectivity index (χ4n) is 2.09. The van der Waals surface area contributed by atoms with Crippen molar-refractivity contribution in [1.29, 1.82) is 0 Å². The quantitative estimate of drug-likeness (QED) is 0.505. The Hall–Kier alpha value is -2.54. The number of halogens is 1. The van der Waals surface area contributed by atoms with Crippen molar-refractivity contribution in [2.75, 3.05) is 10.6 Å². The zero-order valence-corrected chi connectivity index (χ0v) is 12.8. The first-order valence-electron chi connectivity index (χ1n) is 6.45. The highest BCUT2D eigenvalue weighted by Gasteiger charge is 2.15. The summed E-state index contributed by atoms with van der Waals surface area (Å²) in [6.07, 6.45) is 0. The van der Waals surface area contributed by atoms with Gasteiger partial charge in [0.2, 0.25) is 0 Å². The number of aryl methyl sites for hydroxylation is 2. The standard InChI is InChI=1S/C15H14FN3O2S/c1-9-5-10(2)7-12(6-9)17-15(22)18-13-4-3-11(16)8-14(13)19(20)21/h3-8H,1-2H3,(H2,17,18,22). The molecule has 0 bridgehead atoms. The van der Waals surface area contributed by atoms with E-state index in [4.69, 9.17) is 12.2 Å². The lowest BCUT2D eigenvalue weighted by Gasteiger charge is -2.12. The molecule has 0 radical (unpaired) electrons. The smallest absolute Gasteiger partial charge is 0.295 e. The van der Waals surface area contributed by atoms with Crippen molar-refractivity contribution >= 4 is 34.4 Å². The van der Waals surface area contributed by atoms with E-state index in [1.807, 2.05) is 32.0 Å². The number of nitro benzene ring substituents is 1. The highest BCUT2D eigenvalue weighted by molar-refractivity contribution is 7.80. The number of nitrogens with one attached hydrogen (secondary N) is 2. The lowest BCUT2D eigenvalue weighted by atomic mass is 10.1. The van der Waals surface area contributed by atoms with Crippen LogP contribution in [0.15, 0.2) is 36.4 Å². The molecule has 0 aliphatic rings. The van der Waals surface area contributed by atoms with Gasteiger partial charge >= 0.3 is 0 Å². The van der Waals surface area contributed by atoms with Gasteiger partial charge in [0.25, 0.3) is 5.69 Å². The summed E-state index contributed by atoms with van der Waals surface area (Å²) in [7, 11) is 0. The molecule has 0 amide bonds. The van der Waals surface area contributed by atoms with E-state index in [1.54, 1.807) is 0 Å². The Morgan fingerprint density at radius 1 is 1.14 bits per heavy atom. The molecule has 0 unspecified atom stereocenters. The number of anilines is 2. The van der Waals surface area contributed by atoms with Crippen LogP contribution in [-0.2, 0) is 0 Å². The molecule has 0 heterocycles. The number of thiocarbonyl (C=S) groups is 1. The highest BCUT2D eigenvalue weighted by atomic mass is 32.1. The van der Waals surface area contributed by atoms with Crippen molar-refractivity contribution in [3.63, 3.8) is 0 Å². The molecular weight excluding hydrogens is 305 g/mol. The second-order valence-corrected chi connectivity index (χ2v) is 5.28. The van der Waals surface area contributed by atoms with E-state index in [0.29, 0.717) is 0 Å². The molecular formula is C15H14FN3O2S. The number of benzene rings is 2. The fraction of sp³-hybridized carbons (Fsp3) is 0.133. The third-order valence-electron chi connectivity index (χ3n) is 2.88. The molecule has 0 aliphatic heterocycles. The maximum Gasteiger partial charge on any atom is 0.295 e. The Morgan fingerprint density at radius 2 is 1.77 bits per heavy atom. The first-order chi connectivity index (χ1) is 10.3. The van der Waals surface area contributed by atoms with Gasteiger partial charge in [0.15, 0.2) is 5.11 Å². The minimum absolute atomic E-state index is 0.133. The Bertz CT molecular complexity index is 729. The van der Waals surface area contributed by atoms with Crippen LogP contribution in [0.2, 0.25) is 0 Å². The zero-order valence-electron chi connectivity index (χ0n) is 12.0. The van der Waals surface area contributed by atoms with E-state index in [9.17, 15) is 14.5 Å². The number of nitro groups is 1. The van der Waals surface area contributed by atoms with Crippen molar-refractivity contribution in [3.05, 3.63) is 63.5 Å². The van der Waals surface area contributed by atoms with Crippen molar-refractivity contribution in [3.8, 4) is 0 Å². The molecule has 7 heteroatoms.